The lowest BCUT2D eigenvalue weighted by Crippen LogP contribution is -2.16. The van der Waals surface area contributed by atoms with Gasteiger partial charge >= 0.3 is 0 Å². The number of ether oxygens (including phenoxy) is 1. The second kappa shape index (κ2) is 5.98. The largest absolute Gasteiger partial charge is 0.493 e. The maximum Gasteiger partial charge on any atom is 0.122 e. The van der Waals surface area contributed by atoms with Gasteiger partial charge in [0.15, 0.2) is 0 Å². The van der Waals surface area contributed by atoms with Gasteiger partial charge in [0, 0.05) is 4.47 Å². The molecule has 0 fully saturated rings. The third kappa shape index (κ3) is 2.89. The molecule has 3 heteroatoms. The average Bonchev–Trinajstić information content (AvgIpc) is 2.47. The Morgan fingerprint density at radius 1 is 1.20 bits per heavy atom. The van der Waals surface area contributed by atoms with Gasteiger partial charge in [-0.05, 0) is 48.1 Å². The van der Waals surface area contributed by atoms with Crippen LogP contribution in [0.25, 0.3) is 0 Å². The van der Waals surface area contributed by atoms with Crippen LogP contribution < -0.4 is 4.74 Å². The number of aliphatic hydroxyl groups excluding tert-OH is 1. The highest BCUT2D eigenvalue weighted by Crippen LogP contribution is 2.38. The van der Waals surface area contributed by atoms with Crippen LogP contribution in [0.4, 0.5) is 0 Å². The summed E-state index contributed by atoms with van der Waals surface area (Å²) in [5.74, 6) is 1.32. The molecule has 1 N–H and O–H groups in total. The molecule has 0 saturated carbocycles. The van der Waals surface area contributed by atoms with E-state index in [9.17, 15) is 5.11 Å². The Bertz CT molecular complexity index is 597. The fourth-order valence-electron chi connectivity index (χ4n) is 2.78. The average molecular weight is 333 g/mol. The molecule has 0 amide bonds. The minimum atomic E-state index is -0.441. The minimum Gasteiger partial charge on any atom is -0.493 e. The summed E-state index contributed by atoms with van der Waals surface area (Å²) in [6, 6.07) is 16.0. The number of halogens is 1. The van der Waals surface area contributed by atoms with Crippen LogP contribution in [0.2, 0.25) is 0 Å². The summed E-state index contributed by atoms with van der Waals surface area (Å²) >= 11 is 3.45. The van der Waals surface area contributed by atoms with Crippen molar-refractivity contribution in [2.24, 2.45) is 0 Å². The molecule has 2 aromatic carbocycles. The standard InChI is InChI=1S/C17H17BrO2/c18-14-5-3-4-13(10-14)16(19)11-12-8-9-20-17-7-2-1-6-15(12)17/h1-7,10,12,16,19H,8-9,11H2. The van der Waals surface area contributed by atoms with Crippen LogP contribution in [-0.4, -0.2) is 11.7 Å². The number of para-hydroxylation sites is 1. The van der Waals surface area contributed by atoms with Gasteiger partial charge in [0.25, 0.3) is 0 Å². The second-order valence-corrected chi connectivity index (χ2v) is 6.09. The summed E-state index contributed by atoms with van der Waals surface area (Å²) in [5.41, 5.74) is 2.18. The highest BCUT2D eigenvalue weighted by atomic mass is 79.9. The van der Waals surface area contributed by atoms with Gasteiger partial charge in [-0.15, -0.1) is 0 Å². The van der Waals surface area contributed by atoms with Crippen molar-refractivity contribution >= 4 is 15.9 Å². The minimum absolute atomic E-state index is 0.355. The van der Waals surface area contributed by atoms with Gasteiger partial charge < -0.3 is 9.84 Å². The summed E-state index contributed by atoms with van der Waals surface area (Å²) in [6.07, 6.45) is 1.25. The van der Waals surface area contributed by atoms with Crippen LogP contribution in [-0.2, 0) is 0 Å². The van der Waals surface area contributed by atoms with Gasteiger partial charge in [0.05, 0.1) is 12.7 Å². The Kier molecular flexibility index (Phi) is 4.08. The predicted molar refractivity (Wildman–Crippen MR) is 83.0 cm³/mol. The Hall–Kier alpha value is -1.32. The van der Waals surface area contributed by atoms with E-state index in [1.165, 1.54) is 5.56 Å². The first-order chi connectivity index (χ1) is 9.74. The molecule has 104 valence electrons. The van der Waals surface area contributed by atoms with Crippen molar-refractivity contribution in [3.63, 3.8) is 0 Å². The van der Waals surface area contributed by atoms with Gasteiger partial charge in [-0.25, -0.2) is 0 Å². The normalized spacial score (nSPS) is 19.0. The Morgan fingerprint density at radius 2 is 2.05 bits per heavy atom. The molecule has 2 aromatic rings. The van der Waals surface area contributed by atoms with Crippen LogP contribution in [0.3, 0.4) is 0 Å². The molecule has 1 aliphatic rings. The molecule has 0 aromatic heterocycles. The van der Waals surface area contributed by atoms with E-state index in [2.05, 4.69) is 22.0 Å². The Morgan fingerprint density at radius 3 is 2.90 bits per heavy atom. The lowest BCUT2D eigenvalue weighted by Gasteiger charge is -2.27. The van der Waals surface area contributed by atoms with Gasteiger partial charge in [0.2, 0.25) is 0 Å². The zero-order chi connectivity index (χ0) is 13.9. The van der Waals surface area contributed by atoms with E-state index >= 15 is 0 Å². The van der Waals surface area contributed by atoms with E-state index < -0.39 is 6.10 Å². The zero-order valence-corrected chi connectivity index (χ0v) is 12.7. The zero-order valence-electron chi connectivity index (χ0n) is 11.1. The molecule has 1 heterocycles. The second-order valence-electron chi connectivity index (χ2n) is 5.18. The van der Waals surface area contributed by atoms with Gasteiger partial charge in [-0.3, -0.25) is 0 Å². The molecule has 0 spiro atoms. The Balaban J connectivity index is 1.79. The molecule has 0 saturated heterocycles. The number of hydrogen-bond acceptors (Lipinski definition) is 2. The summed E-state index contributed by atoms with van der Waals surface area (Å²) in [6.45, 7) is 0.729. The third-order valence-corrected chi connectivity index (χ3v) is 4.32. The van der Waals surface area contributed by atoms with Crippen molar-refractivity contribution in [1.29, 1.82) is 0 Å². The summed E-state index contributed by atoms with van der Waals surface area (Å²) in [7, 11) is 0. The van der Waals surface area contributed by atoms with Gasteiger partial charge in [-0.1, -0.05) is 46.3 Å². The molecule has 1 aliphatic heterocycles. The van der Waals surface area contributed by atoms with Gasteiger partial charge in [-0.2, -0.15) is 0 Å². The van der Waals surface area contributed by atoms with Crippen LogP contribution in [0.15, 0.2) is 53.0 Å². The van der Waals surface area contributed by atoms with E-state index in [1.807, 2.05) is 42.5 Å². The van der Waals surface area contributed by atoms with Crippen molar-refractivity contribution in [2.75, 3.05) is 6.61 Å². The van der Waals surface area contributed by atoms with Crippen LogP contribution in [0, 0.1) is 0 Å². The number of hydrogen-bond donors (Lipinski definition) is 1. The van der Waals surface area contributed by atoms with Crippen molar-refractivity contribution in [1.82, 2.24) is 0 Å². The molecule has 0 aliphatic carbocycles. The van der Waals surface area contributed by atoms with Gasteiger partial charge in [0.1, 0.15) is 5.75 Å². The summed E-state index contributed by atoms with van der Waals surface area (Å²) in [4.78, 5) is 0. The number of fused-ring (bicyclic) bond motifs is 1. The molecule has 20 heavy (non-hydrogen) atoms. The lowest BCUT2D eigenvalue weighted by atomic mass is 9.86. The van der Waals surface area contributed by atoms with Crippen molar-refractivity contribution in [3.05, 3.63) is 64.1 Å². The van der Waals surface area contributed by atoms with Crippen LogP contribution in [0.5, 0.6) is 5.75 Å². The number of rotatable bonds is 3. The van der Waals surface area contributed by atoms with E-state index in [0.717, 1.165) is 35.2 Å². The molecule has 2 atom stereocenters. The number of benzene rings is 2. The molecular weight excluding hydrogens is 316 g/mol. The first-order valence-electron chi connectivity index (χ1n) is 6.89. The van der Waals surface area contributed by atoms with E-state index in [-0.39, 0.29) is 0 Å². The smallest absolute Gasteiger partial charge is 0.122 e. The fraction of sp³-hybridized carbons (Fsp3) is 0.294. The predicted octanol–water partition coefficient (Wildman–Crippen LogP) is 4.44. The Labute approximate surface area is 127 Å². The maximum atomic E-state index is 10.5. The maximum absolute atomic E-state index is 10.5. The van der Waals surface area contributed by atoms with E-state index in [0.29, 0.717) is 5.92 Å². The molecule has 0 bridgehead atoms. The summed E-state index contributed by atoms with van der Waals surface area (Å²) < 4.78 is 6.67. The monoisotopic (exact) mass is 332 g/mol. The first kappa shape index (κ1) is 13.7. The quantitative estimate of drug-likeness (QED) is 0.900. The number of aliphatic hydroxyl groups is 1. The van der Waals surface area contributed by atoms with Crippen molar-refractivity contribution in [2.45, 2.75) is 24.9 Å². The topological polar surface area (TPSA) is 29.5 Å². The van der Waals surface area contributed by atoms with Crippen LogP contribution >= 0.6 is 15.9 Å². The van der Waals surface area contributed by atoms with E-state index in [4.69, 9.17) is 4.74 Å². The SMILES string of the molecule is OC(CC1CCOc2ccccc21)c1cccc(Br)c1. The summed E-state index contributed by atoms with van der Waals surface area (Å²) in [5, 5.41) is 10.5. The van der Waals surface area contributed by atoms with E-state index in [1.54, 1.807) is 0 Å². The van der Waals surface area contributed by atoms with Crippen LogP contribution in [0.1, 0.15) is 36.0 Å². The third-order valence-electron chi connectivity index (χ3n) is 3.82. The highest BCUT2D eigenvalue weighted by Gasteiger charge is 2.24. The molecule has 3 rings (SSSR count). The van der Waals surface area contributed by atoms with Crippen molar-refractivity contribution in [3.8, 4) is 5.75 Å². The molecule has 0 radical (unpaired) electrons. The fourth-order valence-corrected chi connectivity index (χ4v) is 3.20. The van der Waals surface area contributed by atoms with Crippen molar-refractivity contribution < 1.29 is 9.84 Å². The molecular formula is C17H17BrO2. The molecule has 2 unspecified atom stereocenters. The lowest BCUT2D eigenvalue weighted by molar-refractivity contribution is 0.145. The highest BCUT2D eigenvalue weighted by molar-refractivity contribution is 9.10. The molecule has 2 nitrogen and oxygen atoms in total. The first-order valence-corrected chi connectivity index (χ1v) is 7.68.